The first-order valence-corrected chi connectivity index (χ1v) is 4.75. The molecule has 0 fully saturated rings. The number of unbranched alkanes of at least 4 members (excludes halogenated alkanes) is 1. The molecule has 0 spiro atoms. The van der Waals surface area contributed by atoms with Gasteiger partial charge in [-0.2, -0.15) is 0 Å². The normalized spacial score (nSPS) is 14.4. The predicted molar refractivity (Wildman–Crippen MR) is 53.0 cm³/mol. The highest BCUT2D eigenvalue weighted by atomic mass is 35.5. The Balaban J connectivity index is 4.08. The van der Waals surface area contributed by atoms with Crippen LogP contribution >= 0.6 is 11.6 Å². The molecule has 0 aromatic rings. The summed E-state index contributed by atoms with van der Waals surface area (Å²) in [6, 6.07) is 0. The van der Waals surface area contributed by atoms with Crippen LogP contribution in [0.5, 0.6) is 0 Å². The van der Waals surface area contributed by atoms with Crippen LogP contribution in [0, 0.1) is 12.0 Å². The second kappa shape index (κ2) is 4.88. The number of aliphatic hydroxyl groups excluding tert-OH is 1. The fourth-order valence-corrected chi connectivity index (χ4v) is 1.44. The number of hydrogen-bond acceptors (Lipinski definition) is 1. The summed E-state index contributed by atoms with van der Waals surface area (Å²) in [5.74, 6) is 0. The molecule has 1 atom stereocenters. The van der Waals surface area contributed by atoms with Gasteiger partial charge in [0.15, 0.2) is 0 Å². The topological polar surface area (TPSA) is 20.2 Å². The Hall–Kier alpha value is -0.0100. The van der Waals surface area contributed by atoms with Gasteiger partial charge < -0.3 is 5.11 Å². The van der Waals surface area contributed by atoms with Crippen LogP contribution in [0.15, 0.2) is 5.03 Å². The molecule has 0 rings (SSSR count). The summed E-state index contributed by atoms with van der Waals surface area (Å²) in [4.78, 5) is 0. The summed E-state index contributed by atoms with van der Waals surface area (Å²) in [6.07, 6.45) is 2.45. The standard InChI is InChI=1S/C10H18ClO/c1-5-6-7-10(3,4)9(12)8(2)11/h2,9,12H,5-7H2,1,3-4H3. The van der Waals surface area contributed by atoms with Gasteiger partial charge in [-0.15, -0.1) is 0 Å². The number of aliphatic hydroxyl groups is 1. The van der Waals surface area contributed by atoms with Gasteiger partial charge in [-0.1, -0.05) is 45.2 Å². The van der Waals surface area contributed by atoms with Gasteiger partial charge in [-0.3, -0.25) is 0 Å². The largest absolute Gasteiger partial charge is 0.387 e. The van der Waals surface area contributed by atoms with Crippen LogP contribution in [-0.2, 0) is 0 Å². The van der Waals surface area contributed by atoms with Gasteiger partial charge in [0.1, 0.15) is 0 Å². The summed E-state index contributed by atoms with van der Waals surface area (Å²) in [5.41, 5.74) is -0.207. The highest BCUT2D eigenvalue weighted by Gasteiger charge is 2.28. The third-order valence-electron chi connectivity index (χ3n) is 2.18. The average molecular weight is 190 g/mol. The molecule has 0 aliphatic heterocycles. The Morgan fingerprint density at radius 1 is 1.58 bits per heavy atom. The quantitative estimate of drug-likeness (QED) is 0.705. The Bertz CT molecular complexity index is 152. The molecule has 0 saturated carbocycles. The fourth-order valence-electron chi connectivity index (χ4n) is 1.14. The molecule has 71 valence electrons. The molecule has 1 N–H and O–H groups in total. The first-order valence-electron chi connectivity index (χ1n) is 4.37. The molecule has 0 saturated heterocycles. The van der Waals surface area contributed by atoms with Crippen molar-refractivity contribution in [1.82, 2.24) is 0 Å². The molecule has 0 bridgehead atoms. The van der Waals surface area contributed by atoms with Crippen molar-refractivity contribution in [2.75, 3.05) is 0 Å². The maximum atomic E-state index is 9.59. The lowest BCUT2D eigenvalue weighted by atomic mass is 9.81. The maximum absolute atomic E-state index is 9.59. The van der Waals surface area contributed by atoms with Crippen LogP contribution in [-0.4, -0.2) is 11.2 Å². The van der Waals surface area contributed by atoms with E-state index in [9.17, 15) is 5.11 Å². The second-order valence-electron chi connectivity index (χ2n) is 3.88. The number of hydrogen-bond donors (Lipinski definition) is 1. The van der Waals surface area contributed by atoms with Gasteiger partial charge in [0, 0.05) is 5.03 Å². The van der Waals surface area contributed by atoms with E-state index in [0.29, 0.717) is 0 Å². The van der Waals surface area contributed by atoms with Crippen molar-refractivity contribution < 1.29 is 5.11 Å². The molecule has 12 heavy (non-hydrogen) atoms. The highest BCUT2D eigenvalue weighted by Crippen LogP contribution is 2.31. The van der Waals surface area contributed by atoms with Gasteiger partial charge >= 0.3 is 0 Å². The van der Waals surface area contributed by atoms with E-state index in [1.54, 1.807) is 0 Å². The van der Waals surface area contributed by atoms with Gasteiger partial charge in [0.25, 0.3) is 0 Å². The van der Waals surface area contributed by atoms with Crippen LogP contribution < -0.4 is 0 Å². The summed E-state index contributed by atoms with van der Waals surface area (Å²) < 4.78 is 0. The number of halogens is 1. The highest BCUT2D eigenvalue weighted by molar-refractivity contribution is 6.29. The van der Waals surface area contributed by atoms with Crippen molar-refractivity contribution in [3.8, 4) is 0 Å². The SMILES string of the molecule is [CH]=C(Cl)C(O)C(C)(C)CCCC. The van der Waals surface area contributed by atoms with Crippen molar-refractivity contribution in [2.45, 2.75) is 46.1 Å². The van der Waals surface area contributed by atoms with Crippen molar-refractivity contribution in [3.63, 3.8) is 0 Å². The van der Waals surface area contributed by atoms with Crippen LogP contribution in [0.4, 0.5) is 0 Å². The van der Waals surface area contributed by atoms with E-state index in [2.05, 4.69) is 6.92 Å². The van der Waals surface area contributed by atoms with Gasteiger partial charge in [0.05, 0.1) is 6.10 Å². The monoisotopic (exact) mass is 189 g/mol. The molecule has 0 aromatic carbocycles. The first kappa shape index (κ1) is 12.0. The molecule has 0 aliphatic rings. The minimum absolute atomic E-state index is 0.0936. The van der Waals surface area contributed by atoms with Crippen LogP contribution in [0.25, 0.3) is 0 Å². The molecular formula is C10H18ClO. The zero-order valence-corrected chi connectivity index (χ0v) is 8.86. The molecule has 1 nitrogen and oxygen atoms in total. The van der Waals surface area contributed by atoms with Crippen molar-refractivity contribution >= 4 is 11.6 Å². The molecule has 0 heterocycles. The van der Waals surface area contributed by atoms with Crippen LogP contribution in [0.1, 0.15) is 40.0 Å². The minimum Gasteiger partial charge on any atom is -0.387 e. The predicted octanol–water partition coefficient (Wildman–Crippen LogP) is 3.12. The number of rotatable bonds is 5. The summed E-state index contributed by atoms with van der Waals surface area (Å²) in [7, 11) is 0. The van der Waals surface area contributed by atoms with Crippen molar-refractivity contribution in [1.29, 1.82) is 0 Å². The average Bonchev–Trinajstić information content (AvgIpc) is 1.99. The summed E-state index contributed by atoms with van der Waals surface area (Å²) >= 11 is 5.54. The third kappa shape index (κ3) is 3.59. The van der Waals surface area contributed by atoms with Gasteiger partial charge in [-0.05, 0) is 18.4 Å². The Morgan fingerprint density at radius 3 is 2.42 bits per heavy atom. The Morgan fingerprint density at radius 2 is 2.08 bits per heavy atom. The Labute approximate surface area is 80.4 Å². The zero-order chi connectivity index (χ0) is 9.78. The van der Waals surface area contributed by atoms with E-state index in [1.807, 2.05) is 13.8 Å². The lowest BCUT2D eigenvalue weighted by Gasteiger charge is -2.29. The fraction of sp³-hybridized carbons (Fsp3) is 0.800. The van der Waals surface area contributed by atoms with Crippen LogP contribution in [0.3, 0.4) is 0 Å². The van der Waals surface area contributed by atoms with E-state index in [1.165, 1.54) is 0 Å². The molecular weight excluding hydrogens is 172 g/mol. The van der Waals surface area contributed by atoms with E-state index >= 15 is 0 Å². The molecule has 0 amide bonds. The van der Waals surface area contributed by atoms with Gasteiger partial charge in [-0.25, -0.2) is 0 Å². The van der Waals surface area contributed by atoms with Gasteiger partial charge in [0.2, 0.25) is 0 Å². The van der Waals surface area contributed by atoms with E-state index in [0.717, 1.165) is 19.3 Å². The van der Waals surface area contributed by atoms with E-state index in [4.69, 9.17) is 18.2 Å². The molecule has 2 heteroatoms. The molecule has 1 radical (unpaired) electrons. The smallest absolute Gasteiger partial charge is 0.0946 e. The summed E-state index contributed by atoms with van der Waals surface area (Å²) in [6.45, 7) is 11.4. The molecule has 1 unspecified atom stereocenters. The second-order valence-corrected chi connectivity index (χ2v) is 4.32. The van der Waals surface area contributed by atoms with Crippen molar-refractivity contribution in [3.05, 3.63) is 11.6 Å². The first-order chi connectivity index (χ1) is 5.41. The Kier molecular flexibility index (Phi) is 4.88. The zero-order valence-electron chi connectivity index (χ0n) is 8.10. The lowest BCUT2D eigenvalue weighted by Crippen LogP contribution is -2.29. The lowest BCUT2D eigenvalue weighted by molar-refractivity contribution is 0.0779. The molecule has 0 aromatic heterocycles. The van der Waals surface area contributed by atoms with Crippen LogP contribution in [0.2, 0.25) is 0 Å². The van der Waals surface area contributed by atoms with E-state index < -0.39 is 6.10 Å². The van der Waals surface area contributed by atoms with Crippen molar-refractivity contribution in [2.24, 2.45) is 5.41 Å². The minimum atomic E-state index is -0.703. The summed E-state index contributed by atoms with van der Waals surface area (Å²) in [5, 5.41) is 9.68. The van der Waals surface area contributed by atoms with E-state index in [-0.39, 0.29) is 10.4 Å². The molecule has 0 aliphatic carbocycles. The third-order valence-corrected chi connectivity index (χ3v) is 2.38. The maximum Gasteiger partial charge on any atom is 0.0946 e.